The number of esters is 1. The van der Waals surface area contributed by atoms with E-state index in [9.17, 15) is 9.59 Å². The van der Waals surface area contributed by atoms with Crippen molar-refractivity contribution in [1.29, 1.82) is 0 Å². The minimum Gasteiger partial charge on any atom is -0.465 e. The number of carbonyl (C=O) groups excluding carboxylic acids is 2. The van der Waals surface area contributed by atoms with Crippen molar-refractivity contribution >= 4 is 39.8 Å². The molecule has 0 bridgehead atoms. The first-order chi connectivity index (χ1) is 14.6. The van der Waals surface area contributed by atoms with E-state index in [2.05, 4.69) is 20.6 Å². The summed E-state index contributed by atoms with van der Waals surface area (Å²) < 4.78 is 4.69. The van der Waals surface area contributed by atoms with Gasteiger partial charge in [-0.15, -0.1) is 0 Å². The van der Waals surface area contributed by atoms with E-state index in [1.165, 1.54) is 7.11 Å². The Morgan fingerprint density at radius 2 is 1.73 bits per heavy atom. The molecule has 0 radical (unpaired) electrons. The zero-order valence-corrected chi connectivity index (χ0v) is 16.1. The number of amides is 1. The number of carbonyl (C=O) groups is 2. The van der Waals surface area contributed by atoms with Gasteiger partial charge in [0.25, 0.3) is 5.91 Å². The highest BCUT2D eigenvalue weighted by molar-refractivity contribution is 6.03. The van der Waals surface area contributed by atoms with Gasteiger partial charge in [0.1, 0.15) is 5.69 Å². The average molecular weight is 398 g/mol. The Morgan fingerprint density at radius 1 is 0.900 bits per heavy atom. The molecule has 0 spiro atoms. The molecular formula is C23H18N4O3. The number of para-hydroxylation sites is 1. The van der Waals surface area contributed by atoms with Gasteiger partial charge in [-0.2, -0.15) is 0 Å². The number of methoxy groups -OCH3 is 1. The molecule has 0 unspecified atom stereocenters. The lowest BCUT2D eigenvalue weighted by Crippen LogP contribution is -2.14. The average Bonchev–Trinajstić information content (AvgIpc) is 2.79. The van der Waals surface area contributed by atoms with Crippen molar-refractivity contribution in [2.75, 3.05) is 17.7 Å². The fourth-order valence-electron chi connectivity index (χ4n) is 3.00. The molecule has 7 heteroatoms. The van der Waals surface area contributed by atoms with Gasteiger partial charge in [0.15, 0.2) is 0 Å². The van der Waals surface area contributed by atoms with Gasteiger partial charge in [0.2, 0.25) is 0 Å². The lowest BCUT2D eigenvalue weighted by atomic mass is 10.2. The minimum atomic E-state index is -0.470. The van der Waals surface area contributed by atoms with Crippen LogP contribution in [0, 0.1) is 0 Å². The molecule has 0 saturated heterocycles. The second-order valence-corrected chi connectivity index (χ2v) is 6.46. The van der Waals surface area contributed by atoms with Crippen molar-refractivity contribution < 1.29 is 14.3 Å². The van der Waals surface area contributed by atoms with Crippen molar-refractivity contribution in [3.05, 3.63) is 90.4 Å². The van der Waals surface area contributed by atoms with Crippen LogP contribution in [0.4, 0.5) is 17.1 Å². The van der Waals surface area contributed by atoms with E-state index in [-0.39, 0.29) is 11.6 Å². The molecule has 0 aliphatic heterocycles. The molecule has 2 aromatic carbocycles. The lowest BCUT2D eigenvalue weighted by Gasteiger charge is -2.10. The maximum absolute atomic E-state index is 12.5. The van der Waals surface area contributed by atoms with Gasteiger partial charge in [-0.1, -0.05) is 24.3 Å². The molecule has 0 fully saturated rings. The van der Waals surface area contributed by atoms with Crippen molar-refractivity contribution in [3.63, 3.8) is 0 Å². The molecule has 1 amide bonds. The van der Waals surface area contributed by atoms with Crippen molar-refractivity contribution in [3.8, 4) is 0 Å². The number of fused-ring (bicyclic) bond motifs is 1. The van der Waals surface area contributed by atoms with Gasteiger partial charge < -0.3 is 15.4 Å². The molecule has 2 N–H and O–H groups in total. The number of hydrogen-bond donors (Lipinski definition) is 2. The third-order valence-corrected chi connectivity index (χ3v) is 4.45. The van der Waals surface area contributed by atoms with Crippen LogP contribution in [0.1, 0.15) is 20.8 Å². The van der Waals surface area contributed by atoms with Crippen LogP contribution in [0.25, 0.3) is 10.9 Å². The van der Waals surface area contributed by atoms with Crippen LogP contribution < -0.4 is 10.6 Å². The number of hydrogen-bond acceptors (Lipinski definition) is 6. The van der Waals surface area contributed by atoms with Crippen molar-refractivity contribution in [2.45, 2.75) is 0 Å². The van der Waals surface area contributed by atoms with Crippen LogP contribution in [0.5, 0.6) is 0 Å². The van der Waals surface area contributed by atoms with E-state index in [4.69, 9.17) is 4.74 Å². The Balaban J connectivity index is 1.48. The van der Waals surface area contributed by atoms with E-state index >= 15 is 0 Å². The van der Waals surface area contributed by atoms with Gasteiger partial charge in [0, 0.05) is 17.3 Å². The second kappa shape index (κ2) is 8.40. The van der Waals surface area contributed by atoms with Crippen molar-refractivity contribution in [1.82, 2.24) is 9.97 Å². The number of rotatable bonds is 5. The lowest BCUT2D eigenvalue weighted by molar-refractivity contribution is 0.0600. The molecule has 0 atom stereocenters. The predicted octanol–water partition coefficient (Wildman–Crippen LogP) is 4.41. The normalized spacial score (nSPS) is 10.4. The molecule has 2 heterocycles. The third kappa shape index (κ3) is 4.10. The Morgan fingerprint density at radius 3 is 2.53 bits per heavy atom. The van der Waals surface area contributed by atoms with Crippen LogP contribution >= 0.6 is 0 Å². The number of nitrogens with zero attached hydrogens (tertiary/aromatic N) is 2. The summed E-state index contributed by atoms with van der Waals surface area (Å²) in [5, 5.41) is 7.04. The standard InChI is InChI=1S/C23H18N4O3/c1-30-23(29)16-6-2-8-17(13-16)27-22(28)20-11-10-18(14-25-20)26-19-9-3-5-15-7-4-12-24-21(15)19/h2-14,26H,1H3,(H,27,28). The smallest absolute Gasteiger partial charge is 0.337 e. The molecule has 4 rings (SSSR count). The summed E-state index contributed by atoms with van der Waals surface area (Å²) in [6.07, 6.45) is 3.33. The summed E-state index contributed by atoms with van der Waals surface area (Å²) in [5.41, 5.74) is 3.52. The molecule has 0 aliphatic rings. The van der Waals surface area contributed by atoms with E-state index in [1.54, 1.807) is 48.8 Å². The van der Waals surface area contributed by atoms with Crippen LogP contribution in [-0.4, -0.2) is 29.0 Å². The zero-order valence-electron chi connectivity index (χ0n) is 16.1. The third-order valence-electron chi connectivity index (χ3n) is 4.45. The first-order valence-electron chi connectivity index (χ1n) is 9.20. The van der Waals surface area contributed by atoms with Gasteiger partial charge in [-0.05, 0) is 42.5 Å². The molecule has 30 heavy (non-hydrogen) atoms. The quantitative estimate of drug-likeness (QED) is 0.484. The summed E-state index contributed by atoms with van der Waals surface area (Å²) in [4.78, 5) is 32.8. The summed E-state index contributed by atoms with van der Waals surface area (Å²) in [6, 6.07) is 19.7. The van der Waals surface area contributed by atoms with Crippen LogP contribution in [0.15, 0.2) is 79.1 Å². The van der Waals surface area contributed by atoms with Gasteiger partial charge in [0.05, 0.1) is 35.8 Å². The largest absolute Gasteiger partial charge is 0.465 e. The minimum absolute atomic E-state index is 0.250. The van der Waals surface area contributed by atoms with E-state index in [0.717, 1.165) is 22.3 Å². The molecule has 7 nitrogen and oxygen atoms in total. The number of aromatic nitrogens is 2. The molecule has 0 aliphatic carbocycles. The zero-order chi connectivity index (χ0) is 20.9. The number of pyridine rings is 2. The predicted molar refractivity (Wildman–Crippen MR) is 115 cm³/mol. The molecule has 0 saturated carbocycles. The van der Waals surface area contributed by atoms with Crippen LogP contribution in [0.2, 0.25) is 0 Å². The Labute approximate surface area is 172 Å². The number of ether oxygens (including phenoxy) is 1. The summed E-state index contributed by atoms with van der Waals surface area (Å²) in [5.74, 6) is -0.849. The summed E-state index contributed by atoms with van der Waals surface area (Å²) in [6.45, 7) is 0. The van der Waals surface area contributed by atoms with E-state index < -0.39 is 5.97 Å². The van der Waals surface area contributed by atoms with Gasteiger partial charge in [-0.3, -0.25) is 9.78 Å². The highest BCUT2D eigenvalue weighted by atomic mass is 16.5. The number of anilines is 3. The monoisotopic (exact) mass is 398 g/mol. The first-order valence-corrected chi connectivity index (χ1v) is 9.20. The Kier molecular flexibility index (Phi) is 5.34. The fourth-order valence-corrected chi connectivity index (χ4v) is 3.00. The Hall–Kier alpha value is -4.26. The molecule has 4 aromatic rings. The molecule has 148 valence electrons. The summed E-state index contributed by atoms with van der Waals surface area (Å²) in [7, 11) is 1.31. The highest BCUT2D eigenvalue weighted by Gasteiger charge is 2.11. The highest BCUT2D eigenvalue weighted by Crippen LogP contribution is 2.24. The topological polar surface area (TPSA) is 93.2 Å². The molecule has 2 aromatic heterocycles. The van der Waals surface area contributed by atoms with Crippen LogP contribution in [-0.2, 0) is 4.74 Å². The maximum Gasteiger partial charge on any atom is 0.337 e. The Bertz CT molecular complexity index is 1220. The SMILES string of the molecule is COC(=O)c1cccc(NC(=O)c2ccc(Nc3cccc4cccnc34)cn2)c1. The number of benzene rings is 2. The van der Waals surface area contributed by atoms with E-state index in [0.29, 0.717) is 11.3 Å². The van der Waals surface area contributed by atoms with Crippen LogP contribution in [0.3, 0.4) is 0 Å². The van der Waals surface area contributed by atoms with Gasteiger partial charge >= 0.3 is 5.97 Å². The first kappa shape index (κ1) is 19.1. The number of nitrogens with one attached hydrogen (secondary N) is 2. The van der Waals surface area contributed by atoms with E-state index in [1.807, 2.05) is 30.3 Å². The fraction of sp³-hybridized carbons (Fsp3) is 0.0435. The molecular weight excluding hydrogens is 380 g/mol. The second-order valence-electron chi connectivity index (χ2n) is 6.46. The summed E-state index contributed by atoms with van der Waals surface area (Å²) >= 11 is 0. The van der Waals surface area contributed by atoms with Crippen molar-refractivity contribution in [2.24, 2.45) is 0 Å². The van der Waals surface area contributed by atoms with Gasteiger partial charge in [-0.25, -0.2) is 9.78 Å². The maximum atomic E-state index is 12.5.